The van der Waals surface area contributed by atoms with E-state index in [9.17, 15) is 12.6 Å². The van der Waals surface area contributed by atoms with Crippen molar-refractivity contribution in [2.75, 3.05) is 25.1 Å². The van der Waals surface area contributed by atoms with Crippen molar-refractivity contribution in [3.8, 4) is 0 Å². The SMILES string of the molecule is CCC(NC)c1cccc(S(=O)(=O)NCCS(=O)CC)c1. The zero-order valence-electron chi connectivity index (χ0n) is 12.8. The van der Waals surface area contributed by atoms with Crippen LogP contribution in [-0.4, -0.2) is 37.7 Å². The minimum atomic E-state index is -3.55. The van der Waals surface area contributed by atoms with Crippen molar-refractivity contribution in [2.24, 2.45) is 0 Å². The van der Waals surface area contributed by atoms with E-state index in [1.54, 1.807) is 18.2 Å². The maximum atomic E-state index is 12.2. The Kier molecular flexibility index (Phi) is 7.51. The third-order valence-electron chi connectivity index (χ3n) is 3.27. The molecule has 2 N–H and O–H groups in total. The summed E-state index contributed by atoms with van der Waals surface area (Å²) in [6, 6.07) is 7.05. The topological polar surface area (TPSA) is 75.3 Å². The van der Waals surface area contributed by atoms with E-state index in [0.29, 0.717) is 11.5 Å². The van der Waals surface area contributed by atoms with Crippen LogP contribution in [0, 0.1) is 0 Å². The third-order valence-corrected chi connectivity index (χ3v) is 6.03. The van der Waals surface area contributed by atoms with Crippen LogP contribution in [0.3, 0.4) is 0 Å². The molecule has 0 saturated heterocycles. The average molecular weight is 332 g/mol. The smallest absolute Gasteiger partial charge is 0.240 e. The molecule has 1 aromatic carbocycles. The van der Waals surface area contributed by atoms with Crippen molar-refractivity contribution < 1.29 is 12.6 Å². The Morgan fingerprint density at radius 2 is 2.00 bits per heavy atom. The number of hydrogen-bond acceptors (Lipinski definition) is 4. The van der Waals surface area contributed by atoms with Gasteiger partial charge in [0, 0.05) is 34.9 Å². The van der Waals surface area contributed by atoms with Gasteiger partial charge in [-0.15, -0.1) is 0 Å². The lowest BCUT2D eigenvalue weighted by Gasteiger charge is -2.15. The summed E-state index contributed by atoms with van der Waals surface area (Å²) in [6.07, 6.45) is 0.878. The fourth-order valence-electron chi connectivity index (χ4n) is 2.02. The lowest BCUT2D eigenvalue weighted by molar-refractivity contribution is 0.571. The molecular weight excluding hydrogens is 308 g/mol. The van der Waals surface area contributed by atoms with Gasteiger partial charge in [0.05, 0.1) is 4.90 Å². The molecule has 0 bridgehead atoms. The first-order valence-corrected chi connectivity index (χ1v) is 10.0. The quantitative estimate of drug-likeness (QED) is 0.717. The van der Waals surface area contributed by atoms with Gasteiger partial charge in [-0.25, -0.2) is 13.1 Å². The van der Waals surface area contributed by atoms with Gasteiger partial charge in [0.25, 0.3) is 0 Å². The highest BCUT2D eigenvalue weighted by Crippen LogP contribution is 2.19. The fourth-order valence-corrected chi connectivity index (χ4v) is 3.86. The van der Waals surface area contributed by atoms with E-state index in [0.717, 1.165) is 12.0 Å². The predicted molar refractivity (Wildman–Crippen MR) is 87.3 cm³/mol. The second-order valence-electron chi connectivity index (χ2n) is 4.65. The first kappa shape index (κ1) is 18.3. The predicted octanol–water partition coefficient (Wildman–Crippen LogP) is 1.40. The monoisotopic (exact) mass is 332 g/mol. The van der Waals surface area contributed by atoms with Crippen LogP contribution >= 0.6 is 0 Å². The average Bonchev–Trinajstić information content (AvgIpc) is 2.48. The highest BCUT2D eigenvalue weighted by molar-refractivity contribution is 7.89. The van der Waals surface area contributed by atoms with Crippen molar-refractivity contribution in [1.82, 2.24) is 10.0 Å². The molecule has 2 unspecified atom stereocenters. The van der Waals surface area contributed by atoms with Gasteiger partial charge >= 0.3 is 0 Å². The standard InChI is InChI=1S/C14H24N2O3S2/c1-4-14(15-3)12-7-6-8-13(11-12)21(18,19)16-9-10-20(17)5-2/h6-8,11,14-16H,4-5,9-10H2,1-3H3. The van der Waals surface area contributed by atoms with Crippen LogP contribution < -0.4 is 10.0 Å². The number of hydrogen-bond donors (Lipinski definition) is 2. The molecule has 0 aromatic heterocycles. The molecule has 1 rings (SSSR count). The van der Waals surface area contributed by atoms with Gasteiger partial charge in [-0.1, -0.05) is 26.0 Å². The summed E-state index contributed by atoms with van der Waals surface area (Å²) < 4.78 is 38.3. The molecule has 21 heavy (non-hydrogen) atoms. The Morgan fingerprint density at radius 3 is 2.57 bits per heavy atom. The lowest BCUT2D eigenvalue weighted by Crippen LogP contribution is -2.28. The molecular formula is C14H24N2O3S2. The molecule has 0 aliphatic heterocycles. The molecule has 0 saturated carbocycles. The van der Waals surface area contributed by atoms with E-state index >= 15 is 0 Å². The van der Waals surface area contributed by atoms with Crippen LogP contribution in [0.5, 0.6) is 0 Å². The first-order valence-electron chi connectivity index (χ1n) is 7.06. The van der Waals surface area contributed by atoms with Gasteiger partial charge in [-0.3, -0.25) is 4.21 Å². The van der Waals surface area contributed by atoms with E-state index in [4.69, 9.17) is 0 Å². The highest BCUT2D eigenvalue weighted by atomic mass is 32.2. The zero-order chi connectivity index (χ0) is 15.9. The lowest BCUT2D eigenvalue weighted by atomic mass is 10.1. The normalized spacial score (nSPS) is 14.8. The first-order chi connectivity index (χ1) is 9.94. The van der Waals surface area contributed by atoms with Crippen LogP contribution in [0.25, 0.3) is 0 Å². The van der Waals surface area contributed by atoms with Crippen LogP contribution in [0.15, 0.2) is 29.2 Å². The maximum Gasteiger partial charge on any atom is 0.240 e. The second-order valence-corrected chi connectivity index (χ2v) is 8.28. The summed E-state index contributed by atoms with van der Waals surface area (Å²) in [5, 5.41) is 3.16. The van der Waals surface area contributed by atoms with Gasteiger partial charge in [-0.2, -0.15) is 0 Å². The largest absolute Gasteiger partial charge is 0.313 e. The summed E-state index contributed by atoms with van der Waals surface area (Å²) in [6.45, 7) is 4.05. The van der Waals surface area contributed by atoms with Gasteiger partial charge in [0.2, 0.25) is 10.0 Å². The van der Waals surface area contributed by atoms with E-state index in [1.807, 2.05) is 27.0 Å². The fraction of sp³-hybridized carbons (Fsp3) is 0.571. The van der Waals surface area contributed by atoms with Crippen molar-refractivity contribution in [3.05, 3.63) is 29.8 Å². The Balaban J connectivity index is 2.83. The van der Waals surface area contributed by atoms with E-state index in [1.165, 1.54) is 0 Å². The molecule has 0 heterocycles. The molecule has 120 valence electrons. The molecule has 1 aromatic rings. The van der Waals surface area contributed by atoms with Crippen molar-refractivity contribution in [3.63, 3.8) is 0 Å². The van der Waals surface area contributed by atoms with Crippen LogP contribution in [0.1, 0.15) is 31.9 Å². The molecule has 7 heteroatoms. The molecule has 0 aliphatic rings. The Labute approximate surface area is 130 Å². The van der Waals surface area contributed by atoms with Gasteiger partial charge in [0.15, 0.2) is 0 Å². The molecule has 0 amide bonds. The number of nitrogens with one attached hydrogen (secondary N) is 2. The number of sulfonamides is 1. The highest BCUT2D eigenvalue weighted by Gasteiger charge is 2.16. The molecule has 0 aliphatic carbocycles. The maximum absolute atomic E-state index is 12.2. The zero-order valence-corrected chi connectivity index (χ0v) is 14.4. The molecule has 0 spiro atoms. The van der Waals surface area contributed by atoms with E-state index < -0.39 is 20.8 Å². The molecule has 5 nitrogen and oxygen atoms in total. The summed E-state index contributed by atoms with van der Waals surface area (Å²) in [7, 11) is -2.66. The number of benzene rings is 1. The van der Waals surface area contributed by atoms with Crippen LogP contribution in [0.2, 0.25) is 0 Å². The summed E-state index contributed by atoms with van der Waals surface area (Å²) >= 11 is 0. The Morgan fingerprint density at radius 1 is 1.29 bits per heavy atom. The third kappa shape index (κ3) is 5.50. The Bertz CT molecular complexity index is 569. The van der Waals surface area contributed by atoms with Crippen molar-refractivity contribution in [1.29, 1.82) is 0 Å². The summed E-state index contributed by atoms with van der Waals surface area (Å²) in [5.41, 5.74) is 0.944. The van der Waals surface area contributed by atoms with Crippen molar-refractivity contribution in [2.45, 2.75) is 31.2 Å². The Hall–Kier alpha value is -0.760. The minimum Gasteiger partial charge on any atom is -0.313 e. The van der Waals surface area contributed by atoms with E-state index in [2.05, 4.69) is 10.0 Å². The van der Waals surface area contributed by atoms with Gasteiger partial charge < -0.3 is 5.32 Å². The molecule has 0 radical (unpaired) electrons. The van der Waals surface area contributed by atoms with Crippen LogP contribution in [0.4, 0.5) is 0 Å². The summed E-state index contributed by atoms with van der Waals surface area (Å²) in [4.78, 5) is 0.246. The van der Waals surface area contributed by atoms with Crippen LogP contribution in [-0.2, 0) is 20.8 Å². The molecule has 2 atom stereocenters. The van der Waals surface area contributed by atoms with Gasteiger partial charge in [0.1, 0.15) is 0 Å². The summed E-state index contributed by atoms with van der Waals surface area (Å²) in [5.74, 6) is 0.876. The molecule has 0 fully saturated rings. The van der Waals surface area contributed by atoms with Crippen molar-refractivity contribution >= 4 is 20.8 Å². The number of rotatable bonds is 9. The second kappa shape index (κ2) is 8.63. The minimum absolute atomic E-state index is 0.132. The van der Waals surface area contributed by atoms with E-state index in [-0.39, 0.29) is 17.5 Å². The van der Waals surface area contributed by atoms with Gasteiger partial charge in [-0.05, 0) is 31.2 Å².